The lowest BCUT2D eigenvalue weighted by Gasteiger charge is -2.12. The Hall–Kier alpha value is -3.95. The highest BCUT2D eigenvalue weighted by Crippen LogP contribution is 2.31. The van der Waals surface area contributed by atoms with Crippen molar-refractivity contribution in [2.75, 3.05) is 16.0 Å². The summed E-state index contributed by atoms with van der Waals surface area (Å²) in [5.41, 5.74) is 1.41. The Morgan fingerprint density at radius 2 is 1.68 bits per heavy atom. The fourth-order valence-corrected chi connectivity index (χ4v) is 4.22. The van der Waals surface area contributed by atoms with E-state index in [0.717, 1.165) is 17.4 Å². The molecule has 2 aromatic carbocycles. The third-order valence-electron chi connectivity index (χ3n) is 4.67. The van der Waals surface area contributed by atoms with E-state index in [0.29, 0.717) is 26.2 Å². The summed E-state index contributed by atoms with van der Waals surface area (Å²) in [5, 5.41) is 8.89. The quantitative estimate of drug-likeness (QED) is 0.295. The van der Waals surface area contributed by atoms with Crippen LogP contribution < -0.4 is 16.0 Å². The molecule has 0 saturated carbocycles. The van der Waals surface area contributed by atoms with Crippen molar-refractivity contribution in [3.8, 4) is 0 Å². The maximum Gasteiger partial charge on any atom is 0.291 e. The van der Waals surface area contributed by atoms with Crippen molar-refractivity contribution in [2.24, 2.45) is 0 Å². The number of rotatable bonds is 6. The van der Waals surface area contributed by atoms with Crippen LogP contribution in [0.3, 0.4) is 0 Å². The van der Waals surface area contributed by atoms with Gasteiger partial charge < -0.3 is 20.4 Å². The lowest BCUT2D eigenvalue weighted by atomic mass is 10.2. The molecule has 0 unspecified atom stereocenters. The number of hydrogen-bond acceptors (Lipinski definition) is 5. The van der Waals surface area contributed by atoms with Crippen LogP contribution in [-0.2, 0) is 0 Å². The van der Waals surface area contributed by atoms with Gasteiger partial charge in [-0.1, -0.05) is 17.7 Å². The zero-order valence-electron chi connectivity index (χ0n) is 17.6. The summed E-state index contributed by atoms with van der Waals surface area (Å²) >= 11 is 7.14. The second kappa shape index (κ2) is 9.90. The predicted molar refractivity (Wildman–Crippen MR) is 129 cm³/mol. The molecule has 0 fully saturated rings. The van der Waals surface area contributed by atoms with Crippen molar-refractivity contribution in [3.05, 3.63) is 99.5 Å². The summed E-state index contributed by atoms with van der Waals surface area (Å²) in [7, 11) is 0. The second-order valence-corrected chi connectivity index (χ2v) is 8.65. The largest absolute Gasteiger partial charge is 0.459 e. The van der Waals surface area contributed by atoms with E-state index < -0.39 is 23.5 Å². The average molecular weight is 498 g/mol. The van der Waals surface area contributed by atoms with Crippen LogP contribution >= 0.6 is 22.9 Å². The summed E-state index contributed by atoms with van der Waals surface area (Å²) < 4.78 is 18.5. The number of thiophene rings is 1. The van der Waals surface area contributed by atoms with E-state index in [4.69, 9.17) is 16.0 Å². The molecule has 0 saturated heterocycles. The van der Waals surface area contributed by atoms with Gasteiger partial charge in [0, 0.05) is 10.6 Å². The number of hydrogen-bond donors (Lipinski definition) is 3. The predicted octanol–water partition coefficient (Wildman–Crippen LogP) is 6.20. The zero-order valence-corrected chi connectivity index (χ0v) is 19.2. The summed E-state index contributed by atoms with van der Waals surface area (Å²) in [6, 6.07) is 14.7. The van der Waals surface area contributed by atoms with Crippen molar-refractivity contribution >= 4 is 57.0 Å². The van der Waals surface area contributed by atoms with Gasteiger partial charge in [0.15, 0.2) is 5.76 Å². The highest BCUT2D eigenvalue weighted by molar-refractivity contribution is 7.18. The van der Waals surface area contributed by atoms with Gasteiger partial charge >= 0.3 is 0 Å². The first-order valence-corrected chi connectivity index (χ1v) is 11.1. The van der Waals surface area contributed by atoms with Gasteiger partial charge in [-0.05, 0) is 67.1 Å². The molecule has 0 aliphatic rings. The van der Waals surface area contributed by atoms with Gasteiger partial charge in [0.2, 0.25) is 0 Å². The van der Waals surface area contributed by atoms with Crippen molar-refractivity contribution in [3.63, 3.8) is 0 Å². The van der Waals surface area contributed by atoms with Gasteiger partial charge in [-0.2, -0.15) is 0 Å². The van der Waals surface area contributed by atoms with Crippen LogP contribution in [-0.4, -0.2) is 17.7 Å². The van der Waals surface area contributed by atoms with E-state index in [2.05, 4.69) is 16.0 Å². The molecule has 34 heavy (non-hydrogen) atoms. The number of furan rings is 1. The number of nitrogens with one attached hydrogen (secondary N) is 3. The lowest BCUT2D eigenvalue weighted by Crippen LogP contribution is -2.16. The minimum Gasteiger partial charge on any atom is -0.459 e. The number of carbonyl (C=O) groups is 3. The van der Waals surface area contributed by atoms with Crippen LogP contribution in [0.2, 0.25) is 5.02 Å². The molecule has 0 radical (unpaired) electrons. The Morgan fingerprint density at radius 1 is 0.882 bits per heavy atom. The Morgan fingerprint density at radius 3 is 2.41 bits per heavy atom. The highest BCUT2D eigenvalue weighted by atomic mass is 35.5. The van der Waals surface area contributed by atoms with Crippen LogP contribution in [0.5, 0.6) is 0 Å². The number of halogens is 2. The van der Waals surface area contributed by atoms with E-state index in [1.54, 1.807) is 31.2 Å². The molecule has 4 aromatic rings. The molecule has 4 rings (SSSR count). The molecule has 2 heterocycles. The minimum atomic E-state index is -0.520. The normalized spacial score (nSPS) is 10.6. The summed E-state index contributed by atoms with van der Waals surface area (Å²) in [6.45, 7) is 1.73. The summed E-state index contributed by atoms with van der Waals surface area (Å²) in [5.74, 6) is -1.85. The van der Waals surface area contributed by atoms with E-state index >= 15 is 0 Å². The number of carbonyl (C=O) groups excluding carboxylic acids is 3. The SMILES string of the molecule is Cc1cc(NC(=O)c2cccc(F)c2)sc1C(=O)Nc1ccc(Cl)cc1NC(=O)c1ccco1. The minimum absolute atomic E-state index is 0.102. The third-order valence-corrected chi connectivity index (χ3v) is 6.06. The number of anilines is 3. The third kappa shape index (κ3) is 5.33. The maximum atomic E-state index is 13.4. The Labute approximate surface area is 202 Å². The molecule has 0 aliphatic carbocycles. The van der Waals surface area contributed by atoms with Gasteiger partial charge in [0.25, 0.3) is 17.7 Å². The van der Waals surface area contributed by atoms with Gasteiger partial charge in [-0.25, -0.2) is 4.39 Å². The van der Waals surface area contributed by atoms with Crippen molar-refractivity contribution in [1.82, 2.24) is 0 Å². The van der Waals surface area contributed by atoms with Crippen LogP contribution in [0.1, 0.15) is 36.1 Å². The van der Waals surface area contributed by atoms with Crippen molar-refractivity contribution in [2.45, 2.75) is 6.92 Å². The fraction of sp³-hybridized carbons (Fsp3) is 0.0417. The first kappa shape index (κ1) is 23.2. The molecular formula is C24H17ClFN3O4S. The van der Waals surface area contributed by atoms with E-state index in [9.17, 15) is 18.8 Å². The molecule has 10 heteroatoms. The van der Waals surface area contributed by atoms with Crippen LogP contribution in [0, 0.1) is 12.7 Å². The van der Waals surface area contributed by atoms with Crippen LogP contribution in [0.15, 0.2) is 71.3 Å². The summed E-state index contributed by atoms with van der Waals surface area (Å²) in [4.78, 5) is 38.1. The van der Waals surface area contributed by atoms with Crippen LogP contribution in [0.25, 0.3) is 0 Å². The molecule has 3 amide bonds. The molecule has 0 atom stereocenters. The molecule has 0 spiro atoms. The Kier molecular flexibility index (Phi) is 6.76. The lowest BCUT2D eigenvalue weighted by molar-refractivity contribution is 0.0992. The Balaban J connectivity index is 1.50. The highest BCUT2D eigenvalue weighted by Gasteiger charge is 2.19. The Bertz CT molecular complexity index is 1380. The second-order valence-electron chi connectivity index (χ2n) is 7.16. The van der Waals surface area contributed by atoms with Crippen molar-refractivity contribution in [1.29, 1.82) is 0 Å². The number of aryl methyl sites for hydroxylation is 1. The maximum absolute atomic E-state index is 13.4. The van der Waals surface area contributed by atoms with E-state index in [1.807, 2.05) is 0 Å². The molecular weight excluding hydrogens is 481 g/mol. The van der Waals surface area contributed by atoms with Gasteiger partial charge in [0.05, 0.1) is 27.5 Å². The fourth-order valence-electron chi connectivity index (χ4n) is 3.08. The van der Waals surface area contributed by atoms with Gasteiger partial charge in [-0.3, -0.25) is 14.4 Å². The zero-order chi connectivity index (χ0) is 24.2. The topological polar surface area (TPSA) is 100 Å². The molecule has 3 N–H and O–H groups in total. The number of amides is 3. The average Bonchev–Trinajstić information content (AvgIpc) is 3.45. The first-order chi connectivity index (χ1) is 16.3. The molecule has 7 nitrogen and oxygen atoms in total. The van der Waals surface area contributed by atoms with Crippen LogP contribution in [0.4, 0.5) is 20.8 Å². The standard InChI is InChI=1S/C24H17ClFN3O4S/c1-13-10-20(29-22(30)14-4-2-5-16(26)11-14)34-21(13)24(32)27-17-8-7-15(25)12-18(17)28-23(31)19-6-3-9-33-19/h2-12H,1H3,(H,27,32)(H,28,31)(H,29,30). The smallest absolute Gasteiger partial charge is 0.291 e. The monoisotopic (exact) mass is 497 g/mol. The van der Waals surface area contributed by atoms with Gasteiger partial charge in [-0.15, -0.1) is 11.3 Å². The van der Waals surface area contributed by atoms with Gasteiger partial charge in [0.1, 0.15) is 5.82 Å². The molecule has 2 aromatic heterocycles. The molecule has 172 valence electrons. The first-order valence-electron chi connectivity index (χ1n) is 9.93. The van der Waals surface area contributed by atoms with E-state index in [1.165, 1.54) is 36.6 Å². The number of benzene rings is 2. The van der Waals surface area contributed by atoms with Crippen molar-refractivity contribution < 1.29 is 23.2 Å². The molecule has 0 bridgehead atoms. The summed E-state index contributed by atoms with van der Waals surface area (Å²) in [6.07, 6.45) is 1.37. The van der Waals surface area contributed by atoms with E-state index in [-0.39, 0.29) is 17.0 Å². The molecule has 0 aliphatic heterocycles.